The van der Waals surface area contributed by atoms with Gasteiger partial charge in [0.1, 0.15) is 0 Å². The highest BCUT2D eigenvalue weighted by Gasteiger charge is 2.11. The molecule has 1 N–H and O–H groups in total. The molecule has 0 heterocycles. The predicted molar refractivity (Wildman–Crippen MR) is 84.3 cm³/mol. The van der Waals surface area contributed by atoms with Gasteiger partial charge >= 0.3 is 0 Å². The van der Waals surface area contributed by atoms with Crippen LogP contribution in [0.25, 0.3) is 0 Å². The number of halogens is 3. The van der Waals surface area contributed by atoms with Gasteiger partial charge < -0.3 is 5.11 Å². The number of aliphatic hydroxyl groups excluding tert-OH is 1. The van der Waals surface area contributed by atoms with Crippen molar-refractivity contribution in [1.82, 2.24) is 0 Å². The van der Waals surface area contributed by atoms with E-state index in [2.05, 4.69) is 22.6 Å². The summed E-state index contributed by atoms with van der Waals surface area (Å²) in [4.78, 5) is 0. The van der Waals surface area contributed by atoms with Crippen molar-refractivity contribution in [1.29, 1.82) is 0 Å². The Labute approximate surface area is 130 Å². The van der Waals surface area contributed by atoms with Crippen LogP contribution in [-0.2, 0) is 6.42 Å². The van der Waals surface area contributed by atoms with Crippen LogP contribution in [-0.4, -0.2) is 5.11 Å². The maximum atomic E-state index is 10.2. The first kappa shape index (κ1) is 14.1. The van der Waals surface area contributed by atoms with E-state index >= 15 is 0 Å². The molecule has 18 heavy (non-hydrogen) atoms. The Bertz CT molecular complexity index is 557. The third kappa shape index (κ3) is 3.38. The molecule has 0 radical (unpaired) electrons. The molecule has 94 valence electrons. The molecule has 2 aromatic carbocycles. The van der Waals surface area contributed by atoms with Crippen LogP contribution < -0.4 is 0 Å². The van der Waals surface area contributed by atoms with Crippen LogP contribution in [0, 0.1) is 3.57 Å². The van der Waals surface area contributed by atoms with Crippen molar-refractivity contribution in [2.24, 2.45) is 0 Å². The Hall–Kier alpha value is -0.290. The molecule has 4 heteroatoms. The number of benzene rings is 2. The molecule has 0 amide bonds. The van der Waals surface area contributed by atoms with Gasteiger partial charge in [0.25, 0.3) is 0 Å². The lowest BCUT2D eigenvalue weighted by molar-refractivity contribution is 0.178. The minimum Gasteiger partial charge on any atom is -0.388 e. The molecule has 1 atom stereocenters. The van der Waals surface area contributed by atoms with E-state index in [1.165, 1.54) is 0 Å². The Balaban J connectivity index is 2.19. The number of aliphatic hydroxyl groups is 1. The van der Waals surface area contributed by atoms with Gasteiger partial charge in [0.2, 0.25) is 0 Å². The molecule has 0 aromatic heterocycles. The Morgan fingerprint density at radius 1 is 1.06 bits per heavy atom. The van der Waals surface area contributed by atoms with E-state index < -0.39 is 6.10 Å². The maximum Gasteiger partial charge on any atom is 0.0831 e. The van der Waals surface area contributed by atoms with E-state index in [9.17, 15) is 5.11 Å². The van der Waals surface area contributed by atoms with Gasteiger partial charge in [-0.25, -0.2) is 0 Å². The van der Waals surface area contributed by atoms with Crippen LogP contribution in [0.4, 0.5) is 0 Å². The average Bonchev–Trinajstić information content (AvgIpc) is 2.35. The van der Waals surface area contributed by atoms with Crippen molar-refractivity contribution >= 4 is 45.8 Å². The fraction of sp³-hybridized carbons (Fsp3) is 0.143. The van der Waals surface area contributed by atoms with Crippen LogP contribution in [0.1, 0.15) is 17.2 Å². The smallest absolute Gasteiger partial charge is 0.0831 e. The van der Waals surface area contributed by atoms with Crippen molar-refractivity contribution in [3.05, 3.63) is 67.2 Å². The van der Waals surface area contributed by atoms with Crippen molar-refractivity contribution in [2.75, 3.05) is 0 Å². The topological polar surface area (TPSA) is 20.2 Å². The summed E-state index contributed by atoms with van der Waals surface area (Å²) in [6.07, 6.45) is -0.115. The third-order valence-corrected chi connectivity index (χ3v) is 4.64. The molecular formula is C14H11Cl2IO. The highest BCUT2D eigenvalue weighted by molar-refractivity contribution is 14.1. The van der Waals surface area contributed by atoms with E-state index in [1.54, 1.807) is 6.07 Å². The van der Waals surface area contributed by atoms with Crippen LogP contribution in [0.15, 0.2) is 42.5 Å². The highest BCUT2D eigenvalue weighted by atomic mass is 127. The summed E-state index contributed by atoms with van der Waals surface area (Å²) in [6, 6.07) is 13.1. The minimum absolute atomic E-state index is 0.483. The van der Waals surface area contributed by atoms with Crippen LogP contribution >= 0.6 is 45.8 Å². The minimum atomic E-state index is -0.598. The zero-order chi connectivity index (χ0) is 13.1. The molecule has 2 rings (SSSR count). The van der Waals surface area contributed by atoms with Gasteiger partial charge in [-0.2, -0.15) is 0 Å². The monoisotopic (exact) mass is 392 g/mol. The Morgan fingerprint density at radius 3 is 2.44 bits per heavy atom. The SMILES string of the molecule is OC(Cc1ccccc1Cl)c1ccc(I)c(Cl)c1. The summed E-state index contributed by atoms with van der Waals surface area (Å²) in [5, 5.41) is 11.5. The molecule has 0 fully saturated rings. The number of rotatable bonds is 3. The normalized spacial score (nSPS) is 12.4. The summed E-state index contributed by atoms with van der Waals surface area (Å²) in [5.74, 6) is 0. The van der Waals surface area contributed by atoms with Crippen molar-refractivity contribution < 1.29 is 5.11 Å². The van der Waals surface area contributed by atoms with Gasteiger partial charge in [0, 0.05) is 15.0 Å². The molecule has 0 saturated carbocycles. The zero-order valence-electron chi connectivity index (χ0n) is 9.41. The van der Waals surface area contributed by atoms with Crippen LogP contribution in [0.2, 0.25) is 10.0 Å². The summed E-state index contributed by atoms with van der Waals surface area (Å²) in [5.41, 5.74) is 1.74. The predicted octanol–water partition coefficient (Wildman–Crippen LogP) is 4.87. The summed E-state index contributed by atoms with van der Waals surface area (Å²) in [6.45, 7) is 0. The van der Waals surface area contributed by atoms with Crippen LogP contribution in [0.3, 0.4) is 0 Å². The molecule has 0 spiro atoms. The maximum absolute atomic E-state index is 10.2. The first-order chi connectivity index (χ1) is 8.58. The lowest BCUT2D eigenvalue weighted by atomic mass is 10.0. The Morgan fingerprint density at radius 2 is 1.78 bits per heavy atom. The van der Waals surface area contributed by atoms with Crippen molar-refractivity contribution in [3.8, 4) is 0 Å². The van der Waals surface area contributed by atoms with E-state index in [-0.39, 0.29) is 0 Å². The first-order valence-electron chi connectivity index (χ1n) is 5.44. The lowest BCUT2D eigenvalue weighted by Crippen LogP contribution is -2.02. The average molecular weight is 393 g/mol. The molecule has 0 bridgehead atoms. The fourth-order valence-electron chi connectivity index (χ4n) is 1.71. The van der Waals surface area contributed by atoms with Gasteiger partial charge in [-0.05, 0) is 51.9 Å². The Kier molecular flexibility index (Phi) is 4.90. The fourth-order valence-corrected chi connectivity index (χ4v) is 2.45. The lowest BCUT2D eigenvalue weighted by Gasteiger charge is -2.13. The van der Waals surface area contributed by atoms with E-state index in [0.29, 0.717) is 16.5 Å². The molecule has 0 aliphatic carbocycles. The first-order valence-corrected chi connectivity index (χ1v) is 7.28. The summed E-state index contributed by atoms with van der Waals surface area (Å²) >= 11 is 14.3. The summed E-state index contributed by atoms with van der Waals surface area (Å²) in [7, 11) is 0. The molecule has 1 nitrogen and oxygen atoms in total. The van der Waals surface area contributed by atoms with Gasteiger partial charge in [-0.3, -0.25) is 0 Å². The highest BCUT2D eigenvalue weighted by Crippen LogP contribution is 2.27. The largest absolute Gasteiger partial charge is 0.388 e. The van der Waals surface area contributed by atoms with Gasteiger partial charge in [-0.1, -0.05) is 47.5 Å². The molecule has 0 aliphatic rings. The van der Waals surface area contributed by atoms with Gasteiger partial charge in [0.05, 0.1) is 11.1 Å². The number of hydrogen-bond acceptors (Lipinski definition) is 1. The van der Waals surface area contributed by atoms with Crippen molar-refractivity contribution in [2.45, 2.75) is 12.5 Å². The van der Waals surface area contributed by atoms with Crippen LogP contribution in [0.5, 0.6) is 0 Å². The van der Waals surface area contributed by atoms with Gasteiger partial charge in [-0.15, -0.1) is 0 Å². The van der Waals surface area contributed by atoms with Gasteiger partial charge in [0.15, 0.2) is 0 Å². The standard InChI is InChI=1S/C14H11Cl2IO/c15-11-4-2-1-3-9(11)8-14(18)10-5-6-13(17)12(16)7-10/h1-7,14,18H,8H2. The molecule has 1 unspecified atom stereocenters. The van der Waals surface area contributed by atoms with E-state index in [0.717, 1.165) is 14.7 Å². The third-order valence-electron chi connectivity index (χ3n) is 2.70. The second kappa shape index (κ2) is 6.24. The molecular weight excluding hydrogens is 382 g/mol. The second-order valence-electron chi connectivity index (χ2n) is 3.98. The number of hydrogen-bond donors (Lipinski definition) is 1. The summed E-state index contributed by atoms with van der Waals surface area (Å²) < 4.78 is 0.975. The molecule has 0 saturated heterocycles. The molecule has 0 aliphatic heterocycles. The molecule has 2 aromatic rings. The van der Waals surface area contributed by atoms with E-state index in [4.69, 9.17) is 23.2 Å². The van der Waals surface area contributed by atoms with E-state index in [1.807, 2.05) is 36.4 Å². The zero-order valence-corrected chi connectivity index (χ0v) is 13.1. The quantitative estimate of drug-likeness (QED) is 0.738. The van der Waals surface area contributed by atoms with Crippen molar-refractivity contribution in [3.63, 3.8) is 0 Å². The second-order valence-corrected chi connectivity index (χ2v) is 5.96.